The van der Waals surface area contributed by atoms with Crippen molar-refractivity contribution in [3.63, 3.8) is 0 Å². The summed E-state index contributed by atoms with van der Waals surface area (Å²) in [4.78, 5) is 32.2. The Hall–Kier alpha value is -2.69. The molecule has 1 aromatic heterocycles. The summed E-state index contributed by atoms with van der Waals surface area (Å²) in [6.07, 6.45) is 12.6. The van der Waals surface area contributed by atoms with Crippen LogP contribution < -0.4 is 0 Å². The number of methoxy groups -OCH3 is 1. The standard InChI is InChI=1S/C23H30N2O3/c1-5-25(17(2)3)23(27)22(18-12-8-6-7-9-13-18)19(16-21(26)28-4)20-14-10-11-15-24-20/h6,8-15,17,19,22H,5,7,16H2,1-4H3. The number of aromatic nitrogens is 1. The molecule has 0 aromatic carbocycles. The highest BCUT2D eigenvalue weighted by Gasteiger charge is 2.37. The largest absolute Gasteiger partial charge is 0.469 e. The highest BCUT2D eigenvalue weighted by molar-refractivity contribution is 5.85. The van der Waals surface area contributed by atoms with Gasteiger partial charge in [0.1, 0.15) is 0 Å². The van der Waals surface area contributed by atoms with Gasteiger partial charge in [0, 0.05) is 30.4 Å². The average molecular weight is 383 g/mol. The Labute approximate surface area is 167 Å². The van der Waals surface area contributed by atoms with Crippen LogP contribution in [0.3, 0.4) is 0 Å². The third-order valence-corrected chi connectivity index (χ3v) is 4.96. The lowest BCUT2D eigenvalue weighted by atomic mass is 9.79. The molecule has 28 heavy (non-hydrogen) atoms. The zero-order valence-electron chi connectivity index (χ0n) is 17.2. The predicted molar refractivity (Wildman–Crippen MR) is 111 cm³/mol. The molecule has 1 heterocycles. The van der Waals surface area contributed by atoms with Gasteiger partial charge in [0.2, 0.25) is 5.91 Å². The number of hydrogen-bond acceptors (Lipinski definition) is 4. The van der Waals surface area contributed by atoms with E-state index < -0.39 is 11.8 Å². The van der Waals surface area contributed by atoms with Crippen molar-refractivity contribution in [2.45, 2.75) is 45.6 Å². The summed E-state index contributed by atoms with van der Waals surface area (Å²) in [5, 5.41) is 0. The molecule has 5 heteroatoms. The first kappa shape index (κ1) is 21.6. The summed E-state index contributed by atoms with van der Waals surface area (Å²) in [6, 6.07) is 5.64. The van der Waals surface area contributed by atoms with Crippen LogP contribution in [0.15, 0.2) is 60.3 Å². The quantitative estimate of drug-likeness (QED) is 0.637. The van der Waals surface area contributed by atoms with Crippen LogP contribution in [0, 0.1) is 5.92 Å². The second-order valence-electron chi connectivity index (χ2n) is 7.07. The topological polar surface area (TPSA) is 59.5 Å². The van der Waals surface area contributed by atoms with Gasteiger partial charge in [-0.1, -0.05) is 36.4 Å². The van der Waals surface area contributed by atoms with Crippen LogP contribution in [0.4, 0.5) is 0 Å². The Bertz CT molecular complexity index is 750. The number of allylic oxidation sites excluding steroid dienone is 5. The summed E-state index contributed by atoms with van der Waals surface area (Å²) in [5.41, 5.74) is 1.60. The van der Waals surface area contributed by atoms with E-state index in [0.29, 0.717) is 12.2 Å². The van der Waals surface area contributed by atoms with Gasteiger partial charge in [0.05, 0.1) is 19.4 Å². The van der Waals surface area contributed by atoms with Crippen molar-refractivity contribution < 1.29 is 14.3 Å². The van der Waals surface area contributed by atoms with Crippen LogP contribution in [0.1, 0.15) is 45.2 Å². The molecule has 0 saturated carbocycles. The zero-order valence-corrected chi connectivity index (χ0v) is 17.2. The van der Waals surface area contributed by atoms with Crippen molar-refractivity contribution in [1.82, 2.24) is 9.88 Å². The lowest BCUT2D eigenvalue weighted by Gasteiger charge is -2.34. The van der Waals surface area contributed by atoms with E-state index in [4.69, 9.17) is 4.74 Å². The third-order valence-electron chi connectivity index (χ3n) is 4.96. The Morgan fingerprint density at radius 2 is 2.04 bits per heavy atom. The smallest absolute Gasteiger partial charge is 0.306 e. The Kier molecular flexibility index (Phi) is 8.18. The predicted octanol–water partition coefficient (Wildman–Crippen LogP) is 4.04. The summed E-state index contributed by atoms with van der Waals surface area (Å²) in [6.45, 7) is 6.59. The van der Waals surface area contributed by atoms with E-state index in [2.05, 4.69) is 4.98 Å². The minimum absolute atomic E-state index is 0.00301. The molecule has 0 aliphatic heterocycles. The molecule has 0 spiro atoms. The van der Waals surface area contributed by atoms with Gasteiger partial charge in [-0.05, 0) is 44.9 Å². The number of carbonyl (C=O) groups is 2. The number of carbonyl (C=O) groups excluding carboxylic acids is 2. The van der Waals surface area contributed by atoms with Crippen LogP contribution in [-0.2, 0) is 14.3 Å². The average Bonchev–Trinajstić information content (AvgIpc) is 2.97. The first-order valence-corrected chi connectivity index (χ1v) is 9.81. The van der Waals surface area contributed by atoms with Crippen LogP contribution in [0.25, 0.3) is 0 Å². The molecule has 2 atom stereocenters. The van der Waals surface area contributed by atoms with Gasteiger partial charge >= 0.3 is 5.97 Å². The molecular weight excluding hydrogens is 352 g/mol. The van der Waals surface area contributed by atoms with Crippen LogP contribution >= 0.6 is 0 Å². The van der Waals surface area contributed by atoms with Gasteiger partial charge < -0.3 is 9.64 Å². The van der Waals surface area contributed by atoms with Crippen molar-refractivity contribution in [2.24, 2.45) is 5.92 Å². The highest BCUT2D eigenvalue weighted by Crippen LogP contribution is 2.35. The fraction of sp³-hybridized carbons (Fsp3) is 0.435. The van der Waals surface area contributed by atoms with Gasteiger partial charge in [0.25, 0.3) is 0 Å². The second kappa shape index (κ2) is 10.6. The van der Waals surface area contributed by atoms with Gasteiger partial charge in [0.15, 0.2) is 0 Å². The molecule has 0 fully saturated rings. The summed E-state index contributed by atoms with van der Waals surface area (Å²) in [7, 11) is 1.37. The van der Waals surface area contributed by atoms with Gasteiger partial charge in [-0.25, -0.2) is 0 Å². The monoisotopic (exact) mass is 382 g/mol. The van der Waals surface area contributed by atoms with Crippen molar-refractivity contribution in [1.29, 1.82) is 0 Å². The number of rotatable bonds is 8. The van der Waals surface area contributed by atoms with E-state index in [1.54, 1.807) is 6.20 Å². The third kappa shape index (κ3) is 5.41. The van der Waals surface area contributed by atoms with Crippen molar-refractivity contribution in [2.75, 3.05) is 13.7 Å². The second-order valence-corrected chi connectivity index (χ2v) is 7.07. The highest BCUT2D eigenvalue weighted by atomic mass is 16.5. The Balaban J connectivity index is 2.57. The van der Waals surface area contributed by atoms with E-state index in [1.165, 1.54) is 7.11 Å². The van der Waals surface area contributed by atoms with E-state index in [9.17, 15) is 9.59 Å². The molecule has 0 radical (unpaired) electrons. The lowest BCUT2D eigenvalue weighted by molar-refractivity contribution is -0.142. The Morgan fingerprint density at radius 1 is 1.25 bits per heavy atom. The Morgan fingerprint density at radius 3 is 2.64 bits per heavy atom. The first-order valence-electron chi connectivity index (χ1n) is 9.81. The molecule has 1 aliphatic rings. The maximum atomic E-state index is 13.7. The number of esters is 1. The molecule has 2 unspecified atom stereocenters. The minimum atomic E-state index is -0.518. The summed E-state index contributed by atoms with van der Waals surface area (Å²) >= 11 is 0. The minimum Gasteiger partial charge on any atom is -0.469 e. The summed E-state index contributed by atoms with van der Waals surface area (Å²) < 4.78 is 4.94. The van der Waals surface area contributed by atoms with Crippen molar-refractivity contribution >= 4 is 11.9 Å². The molecule has 1 aliphatic carbocycles. The number of pyridine rings is 1. The molecule has 1 amide bonds. The fourth-order valence-electron chi connectivity index (χ4n) is 3.56. The van der Waals surface area contributed by atoms with Crippen LogP contribution in [-0.4, -0.2) is 41.5 Å². The number of nitrogens with zero attached hydrogens (tertiary/aromatic N) is 2. The number of ether oxygens (including phenoxy) is 1. The van der Waals surface area contributed by atoms with Gasteiger partial charge in [-0.15, -0.1) is 0 Å². The van der Waals surface area contributed by atoms with Crippen molar-refractivity contribution in [3.8, 4) is 0 Å². The molecule has 0 bridgehead atoms. The number of hydrogen-bond donors (Lipinski definition) is 0. The first-order chi connectivity index (χ1) is 13.5. The fourth-order valence-corrected chi connectivity index (χ4v) is 3.56. The maximum absolute atomic E-state index is 13.7. The van der Waals surface area contributed by atoms with Crippen LogP contribution in [0.2, 0.25) is 0 Å². The van der Waals surface area contributed by atoms with Gasteiger partial charge in [-0.2, -0.15) is 0 Å². The normalized spacial score (nSPS) is 15.5. The van der Waals surface area contributed by atoms with E-state index in [0.717, 1.165) is 12.0 Å². The zero-order chi connectivity index (χ0) is 20.5. The molecule has 1 aromatic rings. The SMILES string of the molecule is CCN(C(=O)C(C1=CC=CCC=C1)C(CC(=O)OC)c1ccccn1)C(C)C. The maximum Gasteiger partial charge on any atom is 0.306 e. The molecule has 150 valence electrons. The van der Waals surface area contributed by atoms with E-state index >= 15 is 0 Å². The number of amides is 1. The summed E-state index contributed by atoms with van der Waals surface area (Å²) in [5.74, 6) is -1.27. The molecule has 0 N–H and O–H groups in total. The lowest BCUT2D eigenvalue weighted by Crippen LogP contribution is -2.43. The molecule has 2 rings (SSSR count). The van der Waals surface area contributed by atoms with E-state index in [1.807, 2.05) is 74.3 Å². The molecule has 0 saturated heterocycles. The van der Waals surface area contributed by atoms with Crippen molar-refractivity contribution in [3.05, 3.63) is 66.0 Å². The van der Waals surface area contributed by atoms with Gasteiger partial charge in [-0.3, -0.25) is 14.6 Å². The van der Waals surface area contributed by atoms with E-state index in [-0.39, 0.29) is 24.3 Å². The van der Waals surface area contributed by atoms with Crippen LogP contribution in [0.5, 0.6) is 0 Å². The molecular formula is C23H30N2O3. The molecule has 5 nitrogen and oxygen atoms in total.